The molecular weight excluding hydrogens is 238 g/mol. The highest BCUT2D eigenvalue weighted by Crippen LogP contribution is 2.37. The molecule has 1 N–H and O–H groups in total. The van der Waals surface area contributed by atoms with Gasteiger partial charge < -0.3 is 5.32 Å². The molecule has 1 nitrogen and oxygen atoms in total. The molecular formula is C13H18ClNS. The van der Waals surface area contributed by atoms with E-state index >= 15 is 0 Å². The maximum atomic E-state index is 6.19. The number of halogens is 1. The first-order valence-corrected chi connectivity index (χ1v) is 7.21. The Balaban J connectivity index is 2.01. The lowest BCUT2D eigenvalue weighted by Crippen LogP contribution is -2.33. The summed E-state index contributed by atoms with van der Waals surface area (Å²) in [5, 5.41) is 5.13. The van der Waals surface area contributed by atoms with Crippen molar-refractivity contribution in [1.29, 1.82) is 0 Å². The number of thioether (sulfide) groups is 1. The van der Waals surface area contributed by atoms with Crippen LogP contribution in [-0.4, -0.2) is 17.8 Å². The van der Waals surface area contributed by atoms with Crippen LogP contribution in [0.15, 0.2) is 29.2 Å². The van der Waals surface area contributed by atoms with Crippen LogP contribution in [0, 0.1) is 0 Å². The lowest BCUT2D eigenvalue weighted by molar-refractivity contribution is 0.551. The van der Waals surface area contributed by atoms with Gasteiger partial charge >= 0.3 is 0 Å². The monoisotopic (exact) mass is 255 g/mol. The van der Waals surface area contributed by atoms with Gasteiger partial charge in [0, 0.05) is 16.2 Å². The molecule has 16 heavy (non-hydrogen) atoms. The van der Waals surface area contributed by atoms with Crippen LogP contribution in [-0.2, 0) is 0 Å². The maximum absolute atomic E-state index is 6.19. The highest BCUT2D eigenvalue weighted by atomic mass is 35.5. The first-order valence-electron chi connectivity index (χ1n) is 5.96. The van der Waals surface area contributed by atoms with Gasteiger partial charge in [0.2, 0.25) is 0 Å². The molecule has 0 amide bonds. The van der Waals surface area contributed by atoms with Gasteiger partial charge in [-0.05, 0) is 31.5 Å². The van der Waals surface area contributed by atoms with Gasteiger partial charge in [-0.15, -0.1) is 11.8 Å². The molecule has 0 radical (unpaired) electrons. The molecule has 2 unspecified atom stereocenters. The van der Waals surface area contributed by atoms with Crippen molar-refractivity contribution in [1.82, 2.24) is 5.32 Å². The van der Waals surface area contributed by atoms with Crippen molar-refractivity contribution in [2.45, 2.75) is 42.4 Å². The fourth-order valence-electron chi connectivity index (χ4n) is 2.27. The summed E-state index contributed by atoms with van der Waals surface area (Å²) in [7, 11) is 0. The third-order valence-electron chi connectivity index (χ3n) is 3.03. The lowest BCUT2D eigenvalue weighted by Gasteiger charge is -2.20. The lowest BCUT2D eigenvalue weighted by atomic mass is 10.2. The third kappa shape index (κ3) is 2.93. The van der Waals surface area contributed by atoms with Crippen LogP contribution < -0.4 is 5.32 Å². The fraction of sp³-hybridized carbons (Fsp3) is 0.538. The zero-order chi connectivity index (χ0) is 11.4. The Bertz CT molecular complexity index is 342. The van der Waals surface area contributed by atoms with Crippen molar-refractivity contribution in [3.05, 3.63) is 29.3 Å². The standard InChI is InChI=1S/C13H18ClNS/c1-2-15-11-7-5-9-13(11)16-12-8-4-3-6-10(12)14/h3-4,6,8,11,13,15H,2,5,7,9H2,1H3. The summed E-state index contributed by atoms with van der Waals surface area (Å²) in [5.41, 5.74) is 0. The van der Waals surface area contributed by atoms with E-state index in [0.717, 1.165) is 11.6 Å². The van der Waals surface area contributed by atoms with Crippen molar-refractivity contribution in [3.8, 4) is 0 Å². The van der Waals surface area contributed by atoms with Crippen LogP contribution in [0.3, 0.4) is 0 Å². The molecule has 88 valence electrons. The smallest absolute Gasteiger partial charge is 0.0541 e. The Labute approximate surface area is 107 Å². The number of hydrogen-bond acceptors (Lipinski definition) is 2. The second kappa shape index (κ2) is 5.95. The summed E-state index contributed by atoms with van der Waals surface area (Å²) in [5.74, 6) is 0. The predicted octanol–water partition coefficient (Wildman–Crippen LogP) is 3.96. The van der Waals surface area contributed by atoms with E-state index in [0.29, 0.717) is 11.3 Å². The molecule has 0 saturated heterocycles. The Morgan fingerprint density at radius 3 is 2.94 bits per heavy atom. The van der Waals surface area contributed by atoms with Crippen molar-refractivity contribution in [2.75, 3.05) is 6.54 Å². The number of rotatable bonds is 4. The molecule has 0 heterocycles. The topological polar surface area (TPSA) is 12.0 Å². The normalized spacial score (nSPS) is 24.9. The molecule has 0 spiro atoms. The molecule has 0 bridgehead atoms. The zero-order valence-electron chi connectivity index (χ0n) is 9.58. The van der Waals surface area contributed by atoms with E-state index in [1.54, 1.807) is 0 Å². The average molecular weight is 256 g/mol. The summed E-state index contributed by atoms with van der Waals surface area (Å²) in [6.07, 6.45) is 3.93. The highest BCUT2D eigenvalue weighted by molar-refractivity contribution is 8.00. The van der Waals surface area contributed by atoms with Gasteiger partial charge in [-0.3, -0.25) is 0 Å². The third-order valence-corrected chi connectivity index (χ3v) is 4.95. The minimum absolute atomic E-state index is 0.659. The Kier molecular flexibility index (Phi) is 4.56. The summed E-state index contributed by atoms with van der Waals surface area (Å²) in [4.78, 5) is 1.22. The fourth-order valence-corrected chi connectivity index (χ4v) is 3.88. The maximum Gasteiger partial charge on any atom is 0.0541 e. The first-order chi connectivity index (χ1) is 7.81. The van der Waals surface area contributed by atoms with E-state index in [9.17, 15) is 0 Å². The molecule has 1 aromatic rings. The van der Waals surface area contributed by atoms with Gasteiger partial charge in [-0.25, -0.2) is 0 Å². The molecule has 1 aliphatic rings. The van der Waals surface area contributed by atoms with Gasteiger partial charge in [0.1, 0.15) is 0 Å². The molecule has 0 aliphatic heterocycles. The van der Waals surface area contributed by atoms with Crippen molar-refractivity contribution >= 4 is 23.4 Å². The minimum atomic E-state index is 0.659. The van der Waals surface area contributed by atoms with Crippen LogP contribution in [0.5, 0.6) is 0 Å². The predicted molar refractivity (Wildman–Crippen MR) is 72.4 cm³/mol. The number of hydrogen-bond donors (Lipinski definition) is 1. The summed E-state index contributed by atoms with van der Waals surface area (Å²) in [6, 6.07) is 8.80. The Hall–Kier alpha value is -0.180. The Morgan fingerprint density at radius 2 is 2.19 bits per heavy atom. The zero-order valence-corrected chi connectivity index (χ0v) is 11.2. The van der Waals surface area contributed by atoms with E-state index in [1.807, 2.05) is 23.9 Å². The second-order valence-corrected chi connectivity index (χ2v) is 5.87. The highest BCUT2D eigenvalue weighted by Gasteiger charge is 2.27. The first kappa shape index (κ1) is 12.3. The van der Waals surface area contributed by atoms with Crippen LogP contribution in [0.2, 0.25) is 5.02 Å². The Morgan fingerprint density at radius 1 is 1.38 bits per heavy atom. The van der Waals surface area contributed by atoms with Crippen LogP contribution >= 0.6 is 23.4 Å². The molecule has 1 aliphatic carbocycles. The van der Waals surface area contributed by atoms with Gasteiger partial charge in [0.15, 0.2) is 0 Å². The molecule has 2 rings (SSSR count). The van der Waals surface area contributed by atoms with Gasteiger partial charge in [-0.2, -0.15) is 0 Å². The largest absolute Gasteiger partial charge is 0.313 e. The SMILES string of the molecule is CCNC1CCCC1Sc1ccccc1Cl. The minimum Gasteiger partial charge on any atom is -0.313 e. The van der Waals surface area contributed by atoms with E-state index in [-0.39, 0.29) is 0 Å². The summed E-state index contributed by atoms with van der Waals surface area (Å²) >= 11 is 8.12. The van der Waals surface area contributed by atoms with E-state index in [4.69, 9.17) is 11.6 Å². The summed E-state index contributed by atoms with van der Waals surface area (Å²) < 4.78 is 0. The molecule has 0 aromatic heterocycles. The van der Waals surface area contributed by atoms with Gasteiger partial charge in [0.05, 0.1) is 5.02 Å². The van der Waals surface area contributed by atoms with Crippen molar-refractivity contribution in [3.63, 3.8) is 0 Å². The molecule has 1 saturated carbocycles. The summed E-state index contributed by atoms with van der Waals surface area (Å²) in [6.45, 7) is 3.24. The molecule has 3 heteroatoms. The molecule has 1 aromatic carbocycles. The van der Waals surface area contributed by atoms with Gasteiger partial charge in [-0.1, -0.05) is 37.1 Å². The van der Waals surface area contributed by atoms with Gasteiger partial charge in [0.25, 0.3) is 0 Å². The average Bonchev–Trinajstić information content (AvgIpc) is 2.70. The molecule has 2 atom stereocenters. The van der Waals surface area contributed by atoms with Crippen molar-refractivity contribution < 1.29 is 0 Å². The van der Waals surface area contributed by atoms with E-state index < -0.39 is 0 Å². The second-order valence-electron chi connectivity index (χ2n) is 4.18. The number of nitrogens with one attached hydrogen (secondary N) is 1. The van der Waals surface area contributed by atoms with Crippen molar-refractivity contribution in [2.24, 2.45) is 0 Å². The number of benzene rings is 1. The van der Waals surface area contributed by atoms with Crippen LogP contribution in [0.25, 0.3) is 0 Å². The molecule has 1 fully saturated rings. The quantitative estimate of drug-likeness (QED) is 0.874. The van der Waals surface area contributed by atoms with E-state index in [1.165, 1.54) is 24.2 Å². The van der Waals surface area contributed by atoms with E-state index in [2.05, 4.69) is 24.4 Å². The van der Waals surface area contributed by atoms with Crippen LogP contribution in [0.4, 0.5) is 0 Å². The van der Waals surface area contributed by atoms with Crippen LogP contribution in [0.1, 0.15) is 26.2 Å².